The third-order valence-corrected chi connectivity index (χ3v) is 0.231. The van der Waals surface area contributed by atoms with Crippen LogP contribution in [0.2, 0.25) is 0 Å². The first kappa shape index (κ1) is 16.0. The van der Waals surface area contributed by atoms with Crippen LogP contribution in [0.4, 0.5) is 4.79 Å². The molecule has 0 aliphatic heterocycles. The van der Waals surface area contributed by atoms with Crippen molar-refractivity contribution in [3.8, 4) is 0 Å². The molecule has 0 radical (unpaired) electrons. The Labute approximate surface area is 75.5 Å². The maximum atomic E-state index is 9.65. The Kier molecular flexibility index (Phi) is 14.3. The van der Waals surface area contributed by atoms with Crippen molar-refractivity contribution in [2.24, 2.45) is 0 Å². The van der Waals surface area contributed by atoms with Gasteiger partial charge in [0.15, 0.2) is 0 Å². The fourth-order valence-corrected chi connectivity index (χ4v) is 0.123. The van der Waals surface area contributed by atoms with Crippen molar-refractivity contribution >= 4 is 12.1 Å². The van der Waals surface area contributed by atoms with Gasteiger partial charge in [-0.25, -0.2) is 4.79 Å². The zero-order chi connectivity index (χ0) is 5.86. The number of ether oxygens (including phenoxy) is 1. The monoisotopic (exact) mass is 170 g/mol. The molecule has 0 fully saturated rings. The zero-order valence-corrected chi connectivity index (χ0v) is 5.98. The van der Waals surface area contributed by atoms with Crippen LogP contribution in [0.3, 0.4) is 0 Å². The van der Waals surface area contributed by atoms with Crippen molar-refractivity contribution in [3.63, 3.8) is 0 Å². The topological polar surface area (TPSA) is 63.6 Å². The average Bonchev–Trinajstić information content (AvgIpc) is 1.27. The molecule has 52 valence electrons. The van der Waals surface area contributed by atoms with Crippen molar-refractivity contribution in [1.29, 1.82) is 0 Å². The van der Waals surface area contributed by atoms with Gasteiger partial charge in [-0.15, -0.1) is 0 Å². The Balaban J connectivity index is -0.0000000600. The summed E-state index contributed by atoms with van der Waals surface area (Å²) < 4.78 is 3.53. The number of carbonyl (C=O) groups excluding carboxylic acids is 1. The molecular formula is C3H5LiNiO4. The van der Waals surface area contributed by atoms with E-state index in [2.05, 4.69) is 4.74 Å². The van der Waals surface area contributed by atoms with E-state index in [0.717, 1.165) is 6.92 Å². The molecule has 0 aromatic rings. The first-order valence-electron chi connectivity index (χ1n) is 1.54. The molecule has 0 amide bonds. The fraction of sp³-hybridized carbons (Fsp3) is 0.333. The van der Waals surface area contributed by atoms with Gasteiger partial charge in [0.1, 0.15) is 0 Å². The normalized spacial score (nSPS) is 5.89. The molecule has 9 heavy (non-hydrogen) atoms. The van der Waals surface area contributed by atoms with Crippen LogP contribution in [0.25, 0.3) is 0 Å². The zero-order valence-electron chi connectivity index (χ0n) is 5.99. The van der Waals surface area contributed by atoms with Crippen molar-refractivity contribution in [3.05, 3.63) is 0 Å². The van der Waals surface area contributed by atoms with Gasteiger partial charge in [-0.2, -0.15) is 0 Å². The summed E-state index contributed by atoms with van der Waals surface area (Å²) in [5, 5.41) is 7.64. The van der Waals surface area contributed by atoms with Gasteiger partial charge in [-0.3, -0.25) is 4.79 Å². The molecular weight excluding hydrogens is 166 g/mol. The van der Waals surface area contributed by atoms with E-state index < -0.39 is 12.1 Å². The number of hydrogen-bond acceptors (Lipinski definition) is 3. The molecule has 0 aliphatic carbocycles. The van der Waals surface area contributed by atoms with Gasteiger partial charge in [0.25, 0.3) is 0 Å². The predicted octanol–water partition coefficient (Wildman–Crippen LogP) is -2.66. The Morgan fingerprint density at radius 1 is 1.56 bits per heavy atom. The van der Waals surface area contributed by atoms with Crippen LogP contribution in [-0.4, -0.2) is 17.2 Å². The van der Waals surface area contributed by atoms with Gasteiger partial charge in [-0.1, -0.05) is 0 Å². The first-order valence-corrected chi connectivity index (χ1v) is 1.54. The third-order valence-electron chi connectivity index (χ3n) is 0.231. The van der Waals surface area contributed by atoms with Crippen molar-refractivity contribution < 1.29 is 56.2 Å². The van der Waals surface area contributed by atoms with Crippen molar-refractivity contribution in [2.75, 3.05) is 0 Å². The van der Waals surface area contributed by atoms with E-state index in [1.807, 2.05) is 0 Å². The van der Waals surface area contributed by atoms with Crippen molar-refractivity contribution in [1.82, 2.24) is 0 Å². The van der Waals surface area contributed by atoms with Crippen LogP contribution >= 0.6 is 0 Å². The van der Waals surface area contributed by atoms with Gasteiger partial charge in [0.05, 0.1) is 0 Å². The Hall–Kier alpha value is 0.0309. The summed E-state index contributed by atoms with van der Waals surface area (Å²) >= 11 is 0. The molecule has 4 nitrogen and oxygen atoms in total. The summed E-state index contributed by atoms with van der Waals surface area (Å²) in [7, 11) is 0. The summed E-state index contributed by atoms with van der Waals surface area (Å²) in [5.41, 5.74) is 0. The maximum absolute atomic E-state index is 9.65. The largest absolute Gasteiger partial charge is 1.00 e. The SMILES string of the molecule is CC(=O)OC(=O)O.[H-].[Li+].[Ni]. The Bertz CT molecular complexity index is 96.7. The molecule has 0 saturated carbocycles. The van der Waals surface area contributed by atoms with E-state index in [1.165, 1.54) is 0 Å². The predicted molar refractivity (Wildman–Crippen MR) is 20.9 cm³/mol. The van der Waals surface area contributed by atoms with Crippen LogP contribution in [0.15, 0.2) is 0 Å². The van der Waals surface area contributed by atoms with Crippen LogP contribution in [0.5, 0.6) is 0 Å². The molecule has 1 N–H and O–H groups in total. The number of rotatable bonds is 0. The van der Waals surface area contributed by atoms with Gasteiger partial charge in [0, 0.05) is 23.4 Å². The van der Waals surface area contributed by atoms with E-state index in [9.17, 15) is 9.59 Å². The quantitative estimate of drug-likeness (QED) is 0.245. The summed E-state index contributed by atoms with van der Waals surface area (Å²) in [6.45, 7) is 1.02. The second-order valence-corrected chi connectivity index (χ2v) is 0.860. The van der Waals surface area contributed by atoms with Crippen LogP contribution < -0.4 is 18.9 Å². The summed E-state index contributed by atoms with van der Waals surface area (Å²) in [4.78, 5) is 19.0. The molecule has 0 aromatic carbocycles. The first-order chi connectivity index (χ1) is 3.13. The van der Waals surface area contributed by atoms with E-state index >= 15 is 0 Å². The van der Waals surface area contributed by atoms with Gasteiger partial charge in [0.2, 0.25) is 0 Å². The molecule has 0 aromatic heterocycles. The summed E-state index contributed by atoms with van der Waals surface area (Å²) in [6.07, 6.45) is -1.56. The minimum Gasteiger partial charge on any atom is -1.00 e. The standard InChI is InChI=1S/C3H4O4.Li.Ni.H/c1-2(4)7-3(5)6;;;/h1H3,(H,5,6);;;/q;+1;;-1. The van der Waals surface area contributed by atoms with E-state index in [-0.39, 0.29) is 36.8 Å². The van der Waals surface area contributed by atoms with E-state index in [4.69, 9.17) is 5.11 Å². The minimum absolute atomic E-state index is 0. The Morgan fingerprint density at radius 3 is 1.89 bits per heavy atom. The fourth-order valence-electron chi connectivity index (χ4n) is 0.123. The van der Waals surface area contributed by atoms with Gasteiger partial charge >= 0.3 is 31.0 Å². The molecule has 0 aliphatic rings. The molecule has 0 atom stereocenters. The molecule has 0 saturated heterocycles. The second-order valence-electron chi connectivity index (χ2n) is 0.860. The van der Waals surface area contributed by atoms with Crippen molar-refractivity contribution in [2.45, 2.75) is 6.92 Å². The van der Waals surface area contributed by atoms with E-state index in [1.54, 1.807) is 0 Å². The van der Waals surface area contributed by atoms with Crippen LogP contribution in [-0.2, 0) is 26.0 Å². The molecule has 0 heterocycles. The third kappa shape index (κ3) is 18.0. The van der Waals surface area contributed by atoms with Crippen LogP contribution in [0.1, 0.15) is 8.35 Å². The van der Waals surface area contributed by atoms with Gasteiger partial charge < -0.3 is 11.3 Å². The van der Waals surface area contributed by atoms with Crippen LogP contribution in [0, 0.1) is 0 Å². The number of carbonyl (C=O) groups is 2. The number of esters is 1. The molecule has 0 rings (SSSR count). The van der Waals surface area contributed by atoms with E-state index in [0.29, 0.717) is 0 Å². The van der Waals surface area contributed by atoms with Gasteiger partial charge in [-0.05, 0) is 0 Å². The maximum Gasteiger partial charge on any atom is 1.00 e. The molecule has 6 heteroatoms. The Morgan fingerprint density at radius 2 is 1.89 bits per heavy atom. The average molecular weight is 171 g/mol. The molecule has 0 bridgehead atoms. The summed E-state index contributed by atoms with van der Waals surface area (Å²) in [5.74, 6) is -0.812. The smallest absolute Gasteiger partial charge is 1.00 e. The molecule has 0 unspecified atom stereocenters. The number of hydrogen-bond donors (Lipinski definition) is 1. The minimum atomic E-state index is -1.56. The number of carboxylic acid groups (broad SMARTS) is 1. The molecule has 0 spiro atoms. The second kappa shape index (κ2) is 8.03. The summed E-state index contributed by atoms with van der Waals surface area (Å²) in [6, 6.07) is 0.